The van der Waals surface area contributed by atoms with Crippen molar-refractivity contribution in [2.75, 3.05) is 38.2 Å². The number of piperazine rings is 1. The molecule has 0 spiro atoms. The van der Waals surface area contributed by atoms with Crippen molar-refractivity contribution < 1.29 is 9.53 Å². The number of carbonyl (C=O) groups excluding carboxylic acids is 1. The predicted molar refractivity (Wildman–Crippen MR) is 86.0 cm³/mol. The first-order valence-electron chi connectivity index (χ1n) is 7.40. The molecule has 2 heterocycles. The monoisotopic (exact) mass is 314 g/mol. The Kier molecular flexibility index (Phi) is 4.27. The first-order chi connectivity index (χ1) is 11.2. The van der Waals surface area contributed by atoms with Crippen molar-refractivity contribution in [1.29, 1.82) is 0 Å². The van der Waals surface area contributed by atoms with Gasteiger partial charge in [-0.25, -0.2) is 4.98 Å². The number of benzene rings is 1. The fourth-order valence-electron chi connectivity index (χ4n) is 2.71. The molecule has 3 rings (SSSR count). The predicted octanol–water partition coefficient (Wildman–Crippen LogP) is 0.741. The quantitative estimate of drug-likeness (QED) is 0.904. The molecule has 0 radical (unpaired) electrons. The molecule has 0 saturated carbocycles. The minimum atomic E-state index is -0.405. The highest BCUT2D eigenvalue weighted by Crippen LogP contribution is 2.28. The Morgan fingerprint density at radius 3 is 2.65 bits per heavy atom. The molecule has 1 amide bonds. The van der Waals surface area contributed by atoms with Gasteiger partial charge >= 0.3 is 0 Å². The van der Waals surface area contributed by atoms with Crippen molar-refractivity contribution in [2.24, 2.45) is 0 Å². The van der Waals surface area contributed by atoms with E-state index in [1.165, 1.54) is 12.5 Å². The lowest BCUT2D eigenvalue weighted by atomic mass is 10.2. The zero-order valence-corrected chi connectivity index (χ0v) is 12.9. The van der Waals surface area contributed by atoms with E-state index in [1.807, 2.05) is 24.3 Å². The van der Waals surface area contributed by atoms with Gasteiger partial charge in [-0.3, -0.25) is 9.59 Å². The van der Waals surface area contributed by atoms with Crippen LogP contribution in [0.4, 0.5) is 5.69 Å². The molecule has 1 aromatic carbocycles. The highest BCUT2D eigenvalue weighted by Gasteiger charge is 2.25. The Morgan fingerprint density at radius 1 is 1.22 bits per heavy atom. The van der Waals surface area contributed by atoms with Crippen molar-refractivity contribution in [3.05, 3.63) is 52.7 Å². The van der Waals surface area contributed by atoms with Gasteiger partial charge in [0.25, 0.3) is 11.5 Å². The summed E-state index contributed by atoms with van der Waals surface area (Å²) < 4.78 is 5.38. The van der Waals surface area contributed by atoms with Crippen LogP contribution in [-0.2, 0) is 0 Å². The highest BCUT2D eigenvalue weighted by molar-refractivity contribution is 5.93. The number of nitrogens with zero attached hydrogens (tertiary/aromatic N) is 3. The number of hydrogen-bond donors (Lipinski definition) is 1. The van der Waals surface area contributed by atoms with Crippen LogP contribution >= 0.6 is 0 Å². The molecular weight excluding hydrogens is 296 g/mol. The lowest BCUT2D eigenvalue weighted by Crippen LogP contribution is -2.49. The van der Waals surface area contributed by atoms with E-state index in [0.29, 0.717) is 26.2 Å². The molecule has 0 unspecified atom stereocenters. The summed E-state index contributed by atoms with van der Waals surface area (Å²) in [5.41, 5.74) is 0.691. The molecule has 1 aliphatic rings. The number of carbonyl (C=O) groups is 1. The van der Waals surface area contributed by atoms with Crippen LogP contribution < -0.4 is 15.2 Å². The molecule has 0 atom stereocenters. The number of methoxy groups -OCH3 is 1. The summed E-state index contributed by atoms with van der Waals surface area (Å²) in [7, 11) is 1.65. The van der Waals surface area contributed by atoms with Crippen LogP contribution in [0.1, 0.15) is 10.4 Å². The van der Waals surface area contributed by atoms with E-state index < -0.39 is 5.56 Å². The van der Waals surface area contributed by atoms with Gasteiger partial charge in [0.15, 0.2) is 0 Å². The topological polar surface area (TPSA) is 78.5 Å². The number of hydrogen-bond acceptors (Lipinski definition) is 5. The number of nitrogens with one attached hydrogen (secondary N) is 1. The lowest BCUT2D eigenvalue weighted by Gasteiger charge is -2.36. The molecule has 1 N–H and O–H groups in total. The zero-order chi connectivity index (χ0) is 16.2. The van der Waals surface area contributed by atoms with Crippen molar-refractivity contribution in [1.82, 2.24) is 14.9 Å². The molecule has 0 aliphatic carbocycles. The van der Waals surface area contributed by atoms with Gasteiger partial charge in [-0.05, 0) is 12.1 Å². The number of H-pyrrole nitrogens is 1. The molecule has 7 nitrogen and oxygen atoms in total. The third kappa shape index (κ3) is 3.03. The van der Waals surface area contributed by atoms with Gasteiger partial charge < -0.3 is 19.5 Å². The second kappa shape index (κ2) is 6.51. The summed E-state index contributed by atoms with van der Waals surface area (Å²) in [6.07, 6.45) is 2.59. The summed E-state index contributed by atoms with van der Waals surface area (Å²) in [4.78, 5) is 34.2. The Morgan fingerprint density at radius 2 is 1.96 bits per heavy atom. The number of amides is 1. The van der Waals surface area contributed by atoms with Gasteiger partial charge in [-0.1, -0.05) is 12.1 Å². The van der Waals surface area contributed by atoms with Gasteiger partial charge in [0.1, 0.15) is 11.3 Å². The molecule has 120 valence electrons. The minimum Gasteiger partial charge on any atom is -0.495 e. The average molecular weight is 314 g/mol. The van der Waals surface area contributed by atoms with Gasteiger partial charge in [0, 0.05) is 32.4 Å². The first kappa shape index (κ1) is 15.1. The lowest BCUT2D eigenvalue weighted by molar-refractivity contribution is 0.0744. The van der Waals surface area contributed by atoms with Gasteiger partial charge in [0.05, 0.1) is 19.1 Å². The van der Waals surface area contributed by atoms with Crippen LogP contribution in [0.2, 0.25) is 0 Å². The summed E-state index contributed by atoms with van der Waals surface area (Å²) in [5, 5.41) is 0. The highest BCUT2D eigenvalue weighted by atomic mass is 16.5. The van der Waals surface area contributed by atoms with Gasteiger partial charge in [-0.15, -0.1) is 0 Å². The fraction of sp³-hybridized carbons (Fsp3) is 0.312. The zero-order valence-electron chi connectivity index (χ0n) is 12.9. The molecule has 7 heteroatoms. The SMILES string of the molecule is COc1ccccc1N1CCN(C(=O)c2cnc[nH]c2=O)CC1. The molecule has 1 aliphatic heterocycles. The van der Waals surface area contributed by atoms with E-state index in [2.05, 4.69) is 14.9 Å². The largest absolute Gasteiger partial charge is 0.495 e. The average Bonchev–Trinajstić information content (AvgIpc) is 2.61. The van der Waals surface area contributed by atoms with Crippen molar-refractivity contribution in [2.45, 2.75) is 0 Å². The molecule has 1 saturated heterocycles. The van der Waals surface area contributed by atoms with E-state index in [-0.39, 0.29) is 11.5 Å². The second-order valence-electron chi connectivity index (χ2n) is 5.25. The summed E-state index contributed by atoms with van der Waals surface area (Å²) in [5.74, 6) is 0.537. The van der Waals surface area contributed by atoms with E-state index >= 15 is 0 Å². The third-order valence-corrected chi connectivity index (χ3v) is 3.94. The van der Waals surface area contributed by atoms with Crippen molar-refractivity contribution in [3.63, 3.8) is 0 Å². The fourth-order valence-corrected chi connectivity index (χ4v) is 2.71. The maximum absolute atomic E-state index is 12.4. The van der Waals surface area contributed by atoms with Crippen LogP contribution in [-0.4, -0.2) is 54.1 Å². The maximum atomic E-state index is 12.4. The maximum Gasteiger partial charge on any atom is 0.263 e. The van der Waals surface area contributed by atoms with Crippen LogP contribution in [0.5, 0.6) is 5.75 Å². The number of rotatable bonds is 3. The van der Waals surface area contributed by atoms with Gasteiger partial charge in [0.2, 0.25) is 0 Å². The number of ether oxygens (including phenoxy) is 1. The molecule has 2 aromatic rings. The van der Waals surface area contributed by atoms with E-state index in [9.17, 15) is 9.59 Å². The standard InChI is InChI=1S/C16H18N4O3/c1-23-14-5-3-2-4-13(14)19-6-8-20(9-7-19)16(22)12-10-17-11-18-15(12)21/h2-5,10-11H,6-9H2,1H3,(H,17,18,21). The normalized spacial score (nSPS) is 14.7. The van der Waals surface area contributed by atoms with Crippen molar-refractivity contribution >= 4 is 11.6 Å². The minimum absolute atomic E-state index is 0.0817. The third-order valence-electron chi connectivity index (χ3n) is 3.94. The molecule has 1 fully saturated rings. The van der Waals surface area contributed by atoms with Gasteiger partial charge in [-0.2, -0.15) is 0 Å². The van der Waals surface area contributed by atoms with Crippen molar-refractivity contribution in [3.8, 4) is 5.75 Å². The Bertz CT molecular complexity index is 751. The van der Waals surface area contributed by atoms with Crippen LogP contribution in [0.3, 0.4) is 0 Å². The van der Waals surface area contributed by atoms with Crippen LogP contribution in [0, 0.1) is 0 Å². The summed E-state index contributed by atoms with van der Waals surface area (Å²) >= 11 is 0. The molecule has 0 bridgehead atoms. The Balaban J connectivity index is 1.70. The van der Waals surface area contributed by atoms with E-state index in [0.717, 1.165) is 11.4 Å². The van der Waals surface area contributed by atoms with Crippen LogP contribution in [0.15, 0.2) is 41.6 Å². The van der Waals surface area contributed by atoms with Crippen LogP contribution in [0.25, 0.3) is 0 Å². The summed E-state index contributed by atoms with van der Waals surface area (Å²) in [6.45, 7) is 2.46. The first-order valence-corrected chi connectivity index (χ1v) is 7.40. The smallest absolute Gasteiger partial charge is 0.263 e. The number of aromatic nitrogens is 2. The Hall–Kier alpha value is -2.83. The number of anilines is 1. The number of aromatic amines is 1. The second-order valence-corrected chi connectivity index (χ2v) is 5.25. The molecular formula is C16H18N4O3. The number of para-hydroxylation sites is 2. The van der Waals surface area contributed by atoms with E-state index in [4.69, 9.17) is 4.74 Å². The van der Waals surface area contributed by atoms with E-state index in [1.54, 1.807) is 12.0 Å². The molecule has 23 heavy (non-hydrogen) atoms. The Labute approximate surface area is 133 Å². The molecule has 1 aromatic heterocycles. The summed E-state index contributed by atoms with van der Waals surface area (Å²) in [6, 6.07) is 7.81.